The number of aliphatic hydroxyl groups is 6. The van der Waals surface area contributed by atoms with Gasteiger partial charge in [-0.1, -0.05) is 48.5 Å². The zero-order chi connectivity index (χ0) is 33.1. The Labute approximate surface area is 269 Å². The summed E-state index contributed by atoms with van der Waals surface area (Å²) in [7, 11) is 0. The molecule has 6 aliphatic rings. The van der Waals surface area contributed by atoms with Crippen molar-refractivity contribution in [3.63, 3.8) is 0 Å². The topological polar surface area (TPSA) is 157 Å². The van der Waals surface area contributed by atoms with Crippen molar-refractivity contribution in [2.24, 2.45) is 56.7 Å². The van der Waals surface area contributed by atoms with Gasteiger partial charge in [0.2, 0.25) is 0 Å². The number of hydrogen-bond donors (Lipinski definition) is 6. The monoisotopic (exact) mass is 636 g/mol. The molecule has 1 aliphatic heterocycles. The molecule has 0 aromatic heterocycles. The maximum absolute atomic E-state index is 12.5. The normalized spacial score (nSPS) is 54.0. The summed E-state index contributed by atoms with van der Waals surface area (Å²) in [6.45, 7) is 14.6. The van der Waals surface area contributed by atoms with Gasteiger partial charge in [-0.15, -0.1) is 0 Å². The second-order valence-corrected chi connectivity index (χ2v) is 17.7. The van der Waals surface area contributed by atoms with Crippen molar-refractivity contribution in [1.82, 2.24) is 0 Å². The van der Waals surface area contributed by atoms with E-state index in [1.165, 1.54) is 0 Å². The van der Waals surface area contributed by atoms with Crippen LogP contribution in [0.3, 0.4) is 0 Å². The van der Waals surface area contributed by atoms with E-state index in [1.807, 2.05) is 13.8 Å². The first-order valence-electron chi connectivity index (χ1n) is 17.8. The van der Waals surface area contributed by atoms with Crippen LogP contribution in [0.4, 0.5) is 0 Å². The lowest BCUT2D eigenvalue weighted by molar-refractivity contribution is -0.326. The fourth-order valence-electron chi connectivity index (χ4n) is 12.9. The van der Waals surface area contributed by atoms with Crippen LogP contribution in [0.25, 0.3) is 0 Å². The van der Waals surface area contributed by atoms with Gasteiger partial charge >= 0.3 is 0 Å². The molecule has 9 heteroatoms. The largest absolute Gasteiger partial charge is 0.394 e. The number of fused-ring (bicyclic) bond motifs is 2. The summed E-state index contributed by atoms with van der Waals surface area (Å²) in [5.74, 6) is 1.09. The van der Waals surface area contributed by atoms with Gasteiger partial charge in [0.25, 0.3) is 0 Å². The minimum atomic E-state index is -1.47. The first-order valence-corrected chi connectivity index (χ1v) is 17.8. The first kappa shape index (κ1) is 34.2. The quantitative estimate of drug-likeness (QED) is 0.220. The molecule has 0 aromatic rings. The zero-order valence-electron chi connectivity index (χ0n) is 28.5. The van der Waals surface area contributed by atoms with E-state index in [0.717, 1.165) is 44.9 Å². The first-order chi connectivity index (χ1) is 20.9. The maximum Gasteiger partial charge on any atom is 0.186 e. The number of hydrogen-bond acceptors (Lipinski definition) is 9. The van der Waals surface area contributed by atoms with Crippen LogP contribution < -0.4 is 0 Å². The molecule has 6 N–H and O–H groups in total. The molecule has 0 amide bonds. The minimum absolute atomic E-state index is 0.00914. The van der Waals surface area contributed by atoms with Gasteiger partial charge in [0.05, 0.1) is 24.9 Å². The highest BCUT2D eigenvalue weighted by atomic mass is 16.7. The summed E-state index contributed by atoms with van der Waals surface area (Å²) in [5.41, 5.74) is -0.822. The number of carbonyl (C=O) groups is 1. The van der Waals surface area contributed by atoms with Crippen molar-refractivity contribution >= 4 is 5.78 Å². The van der Waals surface area contributed by atoms with Gasteiger partial charge in [0.15, 0.2) is 6.29 Å². The average molecular weight is 637 g/mol. The summed E-state index contributed by atoms with van der Waals surface area (Å²) >= 11 is 0. The number of rotatable bonds is 8. The van der Waals surface area contributed by atoms with Crippen LogP contribution in [0.1, 0.15) is 106 Å². The van der Waals surface area contributed by atoms with E-state index < -0.39 is 54.9 Å². The Morgan fingerprint density at radius 1 is 0.889 bits per heavy atom. The van der Waals surface area contributed by atoms with Crippen molar-refractivity contribution in [2.75, 3.05) is 6.61 Å². The predicted molar refractivity (Wildman–Crippen MR) is 167 cm³/mol. The molecule has 2 spiro atoms. The van der Waals surface area contributed by atoms with E-state index in [2.05, 4.69) is 34.6 Å². The number of ether oxygens (including phenoxy) is 2. The smallest absolute Gasteiger partial charge is 0.186 e. The van der Waals surface area contributed by atoms with Crippen LogP contribution in [-0.2, 0) is 14.3 Å². The molecule has 0 bridgehead atoms. The van der Waals surface area contributed by atoms with Gasteiger partial charge in [-0.25, -0.2) is 0 Å². The molecule has 16 atom stereocenters. The SMILES string of the molecule is CC(C)C(=O)CCC(C)C1C(O)CC2(C)C3CCC4C(C)(C)C(OC5OC(CO)C(O)C(O)C5O)CCC45CC35CC(O)C12C. The fraction of sp³-hybridized carbons (Fsp3) is 0.972. The molecule has 16 unspecified atom stereocenters. The Morgan fingerprint density at radius 2 is 1.56 bits per heavy atom. The highest BCUT2D eigenvalue weighted by Gasteiger charge is 2.84. The molecule has 0 radical (unpaired) electrons. The minimum Gasteiger partial charge on any atom is -0.394 e. The number of ketones is 1. The lowest BCUT2D eigenvalue weighted by atomic mass is 9.41. The Kier molecular flexibility index (Phi) is 8.51. The summed E-state index contributed by atoms with van der Waals surface area (Å²) < 4.78 is 12.2. The molecule has 9 nitrogen and oxygen atoms in total. The molecular weight excluding hydrogens is 576 g/mol. The molecular formula is C36H60O9. The molecule has 258 valence electrons. The molecule has 1 saturated heterocycles. The third-order valence-corrected chi connectivity index (χ3v) is 15.4. The van der Waals surface area contributed by atoms with Crippen LogP contribution in [0, 0.1) is 56.7 Å². The van der Waals surface area contributed by atoms with Crippen molar-refractivity contribution in [3.8, 4) is 0 Å². The lowest BCUT2D eigenvalue weighted by Crippen LogP contribution is -2.63. The van der Waals surface area contributed by atoms with E-state index in [4.69, 9.17) is 9.47 Å². The molecule has 6 fully saturated rings. The Balaban J connectivity index is 1.23. The third kappa shape index (κ3) is 4.57. The van der Waals surface area contributed by atoms with Gasteiger partial charge < -0.3 is 40.1 Å². The van der Waals surface area contributed by atoms with Crippen molar-refractivity contribution in [1.29, 1.82) is 0 Å². The standard InChI is InChI=1S/C36H60O9/c1-18(2)20(38)9-8-19(3)27-21(39)14-33(6)24-11-10-23-32(4,5)26(45-31-30(43)29(42)28(41)22(16-37)44-31)12-13-35(23)17-36(24,35)15-25(40)34(27,33)7/h18-19,21-31,37,39-43H,8-17H2,1-7H3. The molecule has 0 aromatic carbocycles. The number of aliphatic hydroxyl groups excluding tert-OH is 6. The van der Waals surface area contributed by atoms with Gasteiger partial charge in [-0.3, -0.25) is 4.79 Å². The summed E-state index contributed by atoms with van der Waals surface area (Å²) in [5, 5.41) is 64.9. The average Bonchev–Trinajstić information content (AvgIpc) is 3.56. The van der Waals surface area contributed by atoms with Gasteiger partial charge in [0.1, 0.15) is 30.2 Å². The van der Waals surface area contributed by atoms with E-state index in [0.29, 0.717) is 24.7 Å². The van der Waals surface area contributed by atoms with Crippen molar-refractivity contribution < 1.29 is 44.9 Å². The zero-order valence-corrected chi connectivity index (χ0v) is 28.5. The molecule has 5 aliphatic carbocycles. The number of Topliss-reactive ketones (excluding diaryl/α,β-unsaturated/α-hetero) is 1. The molecule has 5 saturated carbocycles. The Hall–Kier alpha value is -0.650. The fourth-order valence-corrected chi connectivity index (χ4v) is 12.9. The maximum atomic E-state index is 12.5. The van der Waals surface area contributed by atoms with E-state index in [-0.39, 0.29) is 51.3 Å². The summed E-state index contributed by atoms with van der Waals surface area (Å²) in [6.07, 6.45) is -0.218. The Morgan fingerprint density at radius 3 is 2.20 bits per heavy atom. The summed E-state index contributed by atoms with van der Waals surface area (Å²) in [6, 6.07) is 0. The lowest BCUT2D eigenvalue weighted by Gasteiger charge is -2.64. The highest BCUT2D eigenvalue weighted by molar-refractivity contribution is 5.80. The van der Waals surface area contributed by atoms with Crippen LogP contribution in [0.2, 0.25) is 0 Å². The van der Waals surface area contributed by atoms with Gasteiger partial charge in [-0.05, 0) is 96.7 Å². The highest BCUT2D eigenvalue weighted by Crippen LogP contribution is 2.89. The van der Waals surface area contributed by atoms with Crippen LogP contribution >= 0.6 is 0 Å². The van der Waals surface area contributed by atoms with E-state index >= 15 is 0 Å². The summed E-state index contributed by atoms with van der Waals surface area (Å²) in [4.78, 5) is 12.5. The van der Waals surface area contributed by atoms with Crippen LogP contribution in [-0.4, -0.2) is 92.0 Å². The molecule has 6 rings (SSSR count). The Bertz CT molecular complexity index is 1140. The second-order valence-electron chi connectivity index (χ2n) is 17.7. The van der Waals surface area contributed by atoms with Crippen LogP contribution in [0.15, 0.2) is 0 Å². The molecule has 45 heavy (non-hydrogen) atoms. The molecule has 1 heterocycles. The van der Waals surface area contributed by atoms with E-state index in [9.17, 15) is 35.4 Å². The second kappa shape index (κ2) is 11.2. The van der Waals surface area contributed by atoms with Crippen molar-refractivity contribution in [2.45, 2.75) is 155 Å². The number of carbonyl (C=O) groups excluding carboxylic acids is 1. The van der Waals surface area contributed by atoms with Gasteiger partial charge in [0, 0.05) is 17.8 Å². The van der Waals surface area contributed by atoms with Gasteiger partial charge in [-0.2, -0.15) is 0 Å². The van der Waals surface area contributed by atoms with Crippen molar-refractivity contribution in [3.05, 3.63) is 0 Å². The van der Waals surface area contributed by atoms with E-state index in [1.54, 1.807) is 0 Å². The predicted octanol–water partition coefficient (Wildman–Crippen LogP) is 3.19. The third-order valence-electron chi connectivity index (χ3n) is 15.4. The van der Waals surface area contributed by atoms with Crippen LogP contribution in [0.5, 0.6) is 0 Å².